The van der Waals surface area contributed by atoms with E-state index < -0.39 is 0 Å². The minimum absolute atomic E-state index is 1.21. The van der Waals surface area contributed by atoms with E-state index in [1.807, 2.05) is 39.5 Å². The van der Waals surface area contributed by atoms with Gasteiger partial charge in [0.25, 0.3) is 0 Å². The summed E-state index contributed by atoms with van der Waals surface area (Å²) < 4.78 is 0. The van der Waals surface area contributed by atoms with E-state index in [9.17, 15) is 0 Å². The predicted octanol–water partition coefficient (Wildman–Crippen LogP) is 5.93. The van der Waals surface area contributed by atoms with Crippen molar-refractivity contribution in [2.24, 2.45) is 0 Å². The first-order chi connectivity index (χ1) is 7.34. The molecular weight excluding hydrogens is 200 g/mol. The van der Waals surface area contributed by atoms with Crippen LogP contribution in [0.1, 0.15) is 54.4 Å². The molecule has 0 N–H and O–H groups in total. The van der Waals surface area contributed by atoms with Gasteiger partial charge in [-0.05, 0) is 42.6 Å². The van der Waals surface area contributed by atoms with Crippen LogP contribution in [0.3, 0.4) is 0 Å². The highest BCUT2D eigenvalue weighted by Crippen LogP contribution is 2.29. The highest BCUT2D eigenvalue weighted by molar-refractivity contribution is 8.05. The third-order valence-electron chi connectivity index (χ3n) is 1.69. The Morgan fingerprint density at radius 3 is 2.27 bits per heavy atom. The average molecular weight is 226 g/mol. The van der Waals surface area contributed by atoms with Crippen molar-refractivity contribution >= 4 is 11.8 Å². The summed E-state index contributed by atoms with van der Waals surface area (Å²) in [6.07, 6.45) is 8.97. The maximum absolute atomic E-state index is 2.25. The van der Waals surface area contributed by atoms with Crippen LogP contribution in [0.15, 0.2) is 34.1 Å². The molecule has 1 aliphatic carbocycles. The zero-order valence-electron chi connectivity index (χ0n) is 11.1. The Balaban J connectivity index is 0. The van der Waals surface area contributed by atoms with Gasteiger partial charge in [-0.1, -0.05) is 45.9 Å². The van der Waals surface area contributed by atoms with Gasteiger partial charge in [0.2, 0.25) is 0 Å². The second kappa shape index (κ2) is 13.6. The fourth-order valence-corrected chi connectivity index (χ4v) is 1.86. The van der Waals surface area contributed by atoms with Crippen molar-refractivity contribution in [3.63, 3.8) is 0 Å². The minimum Gasteiger partial charge on any atom is -0.103 e. The predicted molar refractivity (Wildman–Crippen MR) is 76.2 cm³/mol. The van der Waals surface area contributed by atoms with Crippen molar-refractivity contribution in [3.8, 4) is 0 Å². The van der Waals surface area contributed by atoms with Gasteiger partial charge < -0.3 is 0 Å². The highest BCUT2D eigenvalue weighted by Gasteiger charge is 2.02. The molecule has 1 rings (SSSR count). The molecule has 88 valence electrons. The molecule has 0 aliphatic heterocycles. The molecule has 0 aromatic heterocycles. The molecule has 0 saturated carbocycles. The van der Waals surface area contributed by atoms with Gasteiger partial charge in [-0.25, -0.2) is 0 Å². The fraction of sp³-hybridized carbons (Fsp3) is 0.571. The van der Waals surface area contributed by atoms with E-state index in [0.29, 0.717) is 0 Å². The van der Waals surface area contributed by atoms with Crippen LogP contribution in [-0.2, 0) is 0 Å². The summed E-state index contributed by atoms with van der Waals surface area (Å²) in [5, 5.41) is 2.15. The summed E-state index contributed by atoms with van der Waals surface area (Å²) >= 11 is 1.85. The smallest absolute Gasteiger partial charge is 0.00763 e. The lowest BCUT2D eigenvalue weighted by Crippen LogP contribution is -1.86. The lowest BCUT2D eigenvalue weighted by molar-refractivity contribution is 1.00. The van der Waals surface area contributed by atoms with Crippen molar-refractivity contribution in [3.05, 3.63) is 34.1 Å². The number of hydrogen-bond donors (Lipinski definition) is 0. The zero-order chi connectivity index (χ0) is 12.1. The first-order valence-corrected chi connectivity index (χ1v) is 6.86. The molecule has 1 heteroatoms. The fourth-order valence-electron chi connectivity index (χ4n) is 1.07. The molecule has 0 aromatic rings. The molecule has 0 atom stereocenters. The molecule has 0 heterocycles. The van der Waals surface area contributed by atoms with E-state index in [1.54, 1.807) is 0 Å². The van der Waals surface area contributed by atoms with Crippen LogP contribution in [0.5, 0.6) is 0 Å². The largest absolute Gasteiger partial charge is 0.103 e. The zero-order valence-corrected chi connectivity index (χ0v) is 11.9. The molecule has 0 fully saturated rings. The summed E-state index contributed by atoms with van der Waals surface area (Å²) in [5.41, 5.74) is 1.43. The van der Waals surface area contributed by atoms with Crippen molar-refractivity contribution in [2.75, 3.05) is 0 Å². The van der Waals surface area contributed by atoms with Crippen LogP contribution in [0.2, 0.25) is 0 Å². The SMILES string of the molecule is C/C=C\SC1=C(C)C=CCC1.CC.CC. The van der Waals surface area contributed by atoms with Crippen LogP contribution in [-0.4, -0.2) is 0 Å². The molecule has 0 bridgehead atoms. The third kappa shape index (κ3) is 8.56. The summed E-state index contributed by atoms with van der Waals surface area (Å²) in [4.78, 5) is 1.52. The first kappa shape index (κ1) is 17.0. The van der Waals surface area contributed by atoms with Crippen molar-refractivity contribution in [1.82, 2.24) is 0 Å². The number of hydrogen-bond acceptors (Lipinski definition) is 1. The van der Waals surface area contributed by atoms with Crippen LogP contribution in [0.4, 0.5) is 0 Å². The normalized spacial score (nSPS) is 14.3. The minimum atomic E-state index is 1.21. The maximum atomic E-state index is 2.25. The molecule has 0 unspecified atom stereocenters. The molecule has 15 heavy (non-hydrogen) atoms. The van der Waals surface area contributed by atoms with E-state index in [2.05, 4.69) is 37.5 Å². The Labute approximate surface area is 101 Å². The Bertz CT molecular complexity index is 209. The monoisotopic (exact) mass is 226 g/mol. The standard InChI is InChI=1S/C10H14S.2C2H6/c1-3-8-11-10-7-5-4-6-9(10)2;2*1-2/h3-4,6,8H,5,7H2,1-2H3;2*1-2H3/b8-3-;;. The quantitative estimate of drug-likeness (QED) is 0.562. The van der Waals surface area contributed by atoms with E-state index in [1.165, 1.54) is 23.3 Å². The van der Waals surface area contributed by atoms with Crippen LogP contribution in [0.25, 0.3) is 0 Å². The van der Waals surface area contributed by atoms with Gasteiger partial charge >= 0.3 is 0 Å². The number of rotatable bonds is 2. The molecule has 0 nitrogen and oxygen atoms in total. The topological polar surface area (TPSA) is 0 Å². The molecule has 0 amide bonds. The summed E-state index contributed by atoms with van der Waals surface area (Å²) in [6, 6.07) is 0. The molecular formula is C14H26S. The van der Waals surface area contributed by atoms with Gasteiger partial charge in [0, 0.05) is 0 Å². The molecule has 0 radical (unpaired) electrons. The second-order valence-corrected chi connectivity index (χ2v) is 3.64. The second-order valence-electron chi connectivity index (χ2n) is 2.63. The van der Waals surface area contributed by atoms with Gasteiger partial charge in [0.1, 0.15) is 0 Å². The van der Waals surface area contributed by atoms with Crippen LogP contribution in [0, 0.1) is 0 Å². The lowest BCUT2D eigenvalue weighted by atomic mass is 10.1. The number of thioether (sulfide) groups is 1. The van der Waals surface area contributed by atoms with E-state index in [-0.39, 0.29) is 0 Å². The maximum Gasteiger partial charge on any atom is -0.00763 e. The van der Waals surface area contributed by atoms with Gasteiger partial charge in [-0.3, -0.25) is 0 Å². The van der Waals surface area contributed by atoms with Gasteiger partial charge in [-0.15, -0.1) is 11.8 Å². The molecule has 1 aliphatic rings. The van der Waals surface area contributed by atoms with E-state index >= 15 is 0 Å². The van der Waals surface area contributed by atoms with E-state index in [0.717, 1.165) is 0 Å². The Hall–Kier alpha value is -0.430. The van der Waals surface area contributed by atoms with E-state index in [4.69, 9.17) is 0 Å². The van der Waals surface area contributed by atoms with Crippen molar-refractivity contribution in [2.45, 2.75) is 54.4 Å². The van der Waals surface area contributed by atoms with Crippen molar-refractivity contribution < 1.29 is 0 Å². The Morgan fingerprint density at radius 1 is 1.20 bits per heavy atom. The third-order valence-corrected chi connectivity index (χ3v) is 2.91. The van der Waals surface area contributed by atoms with Crippen LogP contribution < -0.4 is 0 Å². The van der Waals surface area contributed by atoms with Gasteiger partial charge in [0.15, 0.2) is 0 Å². The number of allylic oxidation sites excluding steroid dienone is 5. The molecule has 0 aromatic carbocycles. The highest BCUT2D eigenvalue weighted by atomic mass is 32.2. The van der Waals surface area contributed by atoms with Gasteiger partial charge in [0.05, 0.1) is 0 Å². The van der Waals surface area contributed by atoms with Crippen molar-refractivity contribution in [1.29, 1.82) is 0 Å². The lowest BCUT2D eigenvalue weighted by Gasteiger charge is -2.09. The molecule has 0 saturated heterocycles. The Morgan fingerprint density at radius 2 is 1.80 bits per heavy atom. The van der Waals surface area contributed by atoms with Crippen LogP contribution >= 0.6 is 11.8 Å². The summed E-state index contributed by atoms with van der Waals surface area (Å²) in [5.74, 6) is 0. The first-order valence-electron chi connectivity index (χ1n) is 5.98. The average Bonchev–Trinajstić information content (AvgIpc) is 2.33. The van der Waals surface area contributed by atoms with Gasteiger partial charge in [-0.2, -0.15) is 0 Å². The Kier molecular flexibility index (Phi) is 15.4. The summed E-state index contributed by atoms with van der Waals surface area (Å²) in [6.45, 7) is 12.2. The summed E-state index contributed by atoms with van der Waals surface area (Å²) in [7, 11) is 0. The molecule has 0 spiro atoms.